The van der Waals surface area contributed by atoms with Crippen LogP contribution in [0.5, 0.6) is 0 Å². The van der Waals surface area contributed by atoms with Crippen molar-refractivity contribution in [3.63, 3.8) is 0 Å². The van der Waals surface area contributed by atoms with E-state index in [-0.39, 0.29) is 0 Å². The zero-order chi connectivity index (χ0) is 14.1. The van der Waals surface area contributed by atoms with Gasteiger partial charge in [-0.05, 0) is 31.9 Å². The Kier molecular flexibility index (Phi) is 3.23. The molecule has 0 saturated heterocycles. The number of nitriles is 1. The Labute approximate surface area is 113 Å². The third-order valence-electron chi connectivity index (χ3n) is 3.06. The largest absolute Gasteiger partial charge is 0.444 e. The van der Waals surface area contributed by atoms with Crippen LogP contribution < -0.4 is 5.32 Å². The molecule has 1 aliphatic rings. The molecule has 4 heteroatoms. The molecular formula is C15H18N2O2. The molecule has 100 valence electrons. The number of carbonyl (C=O) groups excluding carboxylic acids is 1. The molecule has 4 nitrogen and oxygen atoms in total. The second kappa shape index (κ2) is 4.58. The second-order valence-electron chi connectivity index (χ2n) is 5.94. The lowest BCUT2D eigenvalue weighted by molar-refractivity contribution is 0.0484. The Hall–Kier alpha value is -2.02. The standard InChI is InChI=1S/C15H18N2O2/c1-14(2,3)19-13(18)17-15(10-16)8-11-6-4-5-7-12(11)9-15/h4-7H,8-9H2,1-3H3,(H,17,18). The van der Waals surface area contributed by atoms with Crippen LogP contribution >= 0.6 is 0 Å². The maximum atomic E-state index is 11.8. The first-order chi connectivity index (χ1) is 8.84. The molecule has 0 atom stereocenters. The van der Waals surface area contributed by atoms with Crippen molar-refractivity contribution in [1.29, 1.82) is 5.26 Å². The molecule has 0 aliphatic heterocycles. The van der Waals surface area contributed by atoms with Crippen LogP contribution in [0.3, 0.4) is 0 Å². The van der Waals surface area contributed by atoms with E-state index in [2.05, 4.69) is 11.4 Å². The van der Waals surface area contributed by atoms with E-state index >= 15 is 0 Å². The van der Waals surface area contributed by atoms with Crippen LogP contribution in [0.15, 0.2) is 24.3 Å². The van der Waals surface area contributed by atoms with Crippen LogP contribution in [0.1, 0.15) is 31.9 Å². The van der Waals surface area contributed by atoms with Gasteiger partial charge in [0.25, 0.3) is 0 Å². The lowest BCUT2D eigenvalue weighted by Crippen LogP contribution is -2.49. The van der Waals surface area contributed by atoms with Crippen LogP contribution in [0.2, 0.25) is 0 Å². The molecule has 1 amide bonds. The first kappa shape index (κ1) is 13.4. The zero-order valence-corrected chi connectivity index (χ0v) is 11.5. The monoisotopic (exact) mass is 258 g/mol. The van der Waals surface area contributed by atoms with Gasteiger partial charge in [-0.25, -0.2) is 4.79 Å². The van der Waals surface area contributed by atoms with Crippen molar-refractivity contribution >= 4 is 6.09 Å². The number of carbonyl (C=O) groups is 1. The van der Waals surface area contributed by atoms with E-state index in [1.165, 1.54) is 0 Å². The molecule has 2 rings (SSSR count). The Morgan fingerprint density at radius 3 is 2.26 bits per heavy atom. The van der Waals surface area contributed by atoms with Gasteiger partial charge in [0.2, 0.25) is 0 Å². The number of rotatable bonds is 1. The fourth-order valence-corrected chi connectivity index (χ4v) is 2.31. The summed E-state index contributed by atoms with van der Waals surface area (Å²) in [5.41, 5.74) is 0.776. The number of nitrogens with zero attached hydrogens (tertiary/aromatic N) is 1. The SMILES string of the molecule is CC(C)(C)OC(=O)NC1(C#N)Cc2ccccc2C1. The molecule has 19 heavy (non-hydrogen) atoms. The van der Waals surface area contributed by atoms with Crippen molar-refractivity contribution in [2.75, 3.05) is 0 Å². The first-order valence-electron chi connectivity index (χ1n) is 6.33. The zero-order valence-electron chi connectivity index (χ0n) is 11.5. The van der Waals surface area contributed by atoms with Crippen molar-refractivity contribution in [2.24, 2.45) is 0 Å². The Balaban J connectivity index is 2.11. The molecular weight excluding hydrogens is 240 g/mol. The van der Waals surface area contributed by atoms with Crippen LogP contribution in [0.4, 0.5) is 4.79 Å². The summed E-state index contributed by atoms with van der Waals surface area (Å²) in [6.07, 6.45) is 0.513. The molecule has 1 aliphatic carbocycles. The van der Waals surface area contributed by atoms with Crippen molar-refractivity contribution in [1.82, 2.24) is 5.32 Å². The molecule has 1 aromatic carbocycles. The number of ether oxygens (including phenoxy) is 1. The Morgan fingerprint density at radius 1 is 1.32 bits per heavy atom. The molecule has 0 unspecified atom stereocenters. The van der Waals surface area contributed by atoms with Crippen LogP contribution in [0.25, 0.3) is 0 Å². The highest BCUT2D eigenvalue weighted by Gasteiger charge is 2.39. The molecule has 0 spiro atoms. The van der Waals surface area contributed by atoms with Crippen molar-refractivity contribution in [3.8, 4) is 6.07 Å². The number of hydrogen-bond acceptors (Lipinski definition) is 3. The lowest BCUT2D eigenvalue weighted by atomic mass is 9.98. The van der Waals surface area contributed by atoms with E-state index < -0.39 is 17.2 Å². The van der Waals surface area contributed by atoms with E-state index in [4.69, 9.17) is 4.74 Å². The molecule has 0 radical (unpaired) electrons. The molecule has 0 fully saturated rings. The maximum Gasteiger partial charge on any atom is 0.408 e. The average Bonchev–Trinajstić information content (AvgIpc) is 2.64. The summed E-state index contributed by atoms with van der Waals surface area (Å²) in [4.78, 5) is 11.8. The van der Waals surface area contributed by atoms with E-state index in [1.54, 1.807) is 20.8 Å². The number of amides is 1. The molecule has 0 heterocycles. The molecule has 1 aromatic rings. The highest BCUT2D eigenvalue weighted by molar-refractivity contribution is 5.70. The van der Waals surface area contributed by atoms with E-state index in [0.29, 0.717) is 12.8 Å². The highest BCUT2D eigenvalue weighted by atomic mass is 16.6. The summed E-state index contributed by atoms with van der Waals surface area (Å²) in [7, 11) is 0. The van der Waals surface area contributed by atoms with Gasteiger partial charge in [0.15, 0.2) is 0 Å². The summed E-state index contributed by atoms with van der Waals surface area (Å²) in [5, 5.41) is 12.1. The molecule has 0 aromatic heterocycles. The number of benzene rings is 1. The van der Waals surface area contributed by atoms with Crippen LogP contribution in [-0.2, 0) is 17.6 Å². The normalized spacial score (nSPS) is 16.3. The minimum atomic E-state index is -0.883. The quantitative estimate of drug-likeness (QED) is 0.842. The van der Waals surface area contributed by atoms with E-state index in [0.717, 1.165) is 11.1 Å². The van der Waals surface area contributed by atoms with Crippen LogP contribution in [0, 0.1) is 11.3 Å². The van der Waals surface area contributed by atoms with Gasteiger partial charge in [-0.15, -0.1) is 0 Å². The molecule has 1 N–H and O–H groups in total. The summed E-state index contributed by atoms with van der Waals surface area (Å²) < 4.78 is 5.22. The Morgan fingerprint density at radius 2 is 1.84 bits per heavy atom. The number of nitrogens with one attached hydrogen (secondary N) is 1. The fraction of sp³-hybridized carbons (Fsp3) is 0.467. The van der Waals surface area contributed by atoms with Gasteiger partial charge in [-0.3, -0.25) is 0 Å². The maximum absolute atomic E-state index is 11.8. The van der Waals surface area contributed by atoms with Gasteiger partial charge in [-0.2, -0.15) is 5.26 Å². The molecule has 0 bridgehead atoms. The van der Waals surface area contributed by atoms with Gasteiger partial charge < -0.3 is 10.1 Å². The highest BCUT2D eigenvalue weighted by Crippen LogP contribution is 2.29. The Bertz CT molecular complexity index is 513. The predicted octanol–water partition coefficient (Wildman–Crippen LogP) is 2.57. The van der Waals surface area contributed by atoms with Crippen LogP contribution in [-0.4, -0.2) is 17.2 Å². The summed E-state index contributed by atoms with van der Waals surface area (Å²) in [6.45, 7) is 5.40. The minimum absolute atomic E-state index is 0.527. The van der Waals surface area contributed by atoms with E-state index in [1.807, 2.05) is 24.3 Å². The molecule has 0 saturated carbocycles. The predicted molar refractivity (Wildman–Crippen MR) is 71.6 cm³/mol. The first-order valence-corrected chi connectivity index (χ1v) is 6.33. The summed E-state index contributed by atoms with van der Waals surface area (Å²) >= 11 is 0. The average molecular weight is 258 g/mol. The van der Waals surface area contributed by atoms with Crippen molar-refractivity contribution in [3.05, 3.63) is 35.4 Å². The second-order valence-corrected chi connectivity index (χ2v) is 5.94. The summed E-state index contributed by atoms with van der Waals surface area (Å²) in [5.74, 6) is 0. The van der Waals surface area contributed by atoms with Gasteiger partial charge in [0, 0.05) is 12.8 Å². The van der Waals surface area contributed by atoms with Gasteiger partial charge in [-0.1, -0.05) is 24.3 Å². The fourth-order valence-electron chi connectivity index (χ4n) is 2.31. The lowest BCUT2D eigenvalue weighted by Gasteiger charge is -2.26. The number of hydrogen-bond donors (Lipinski definition) is 1. The van der Waals surface area contributed by atoms with Crippen molar-refractivity contribution in [2.45, 2.75) is 44.8 Å². The number of fused-ring (bicyclic) bond motifs is 1. The van der Waals surface area contributed by atoms with E-state index in [9.17, 15) is 10.1 Å². The number of alkyl carbamates (subject to hydrolysis) is 1. The topological polar surface area (TPSA) is 62.1 Å². The van der Waals surface area contributed by atoms with Gasteiger partial charge in [0.1, 0.15) is 11.1 Å². The van der Waals surface area contributed by atoms with Gasteiger partial charge in [0.05, 0.1) is 6.07 Å². The minimum Gasteiger partial charge on any atom is -0.444 e. The van der Waals surface area contributed by atoms with Gasteiger partial charge >= 0.3 is 6.09 Å². The van der Waals surface area contributed by atoms with Crippen molar-refractivity contribution < 1.29 is 9.53 Å². The third-order valence-corrected chi connectivity index (χ3v) is 3.06. The smallest absolute Gasteiger partial charge is 0.408 e. The summed E-state index contributed by atoms with van der Waals surface area (Å²) in [6, 6.07) is 10.1. The third kappa shape index (κ3) is 3.05.